The lowest BCUT2D eigenvalue weighted by Gasteiger charge is -2.14. The van der Waals surface area contributed by atoms with Crippen molar-refractivity contribution in [1.29, 1.82) is 0 Å². The summed E-state index contributed by atoms with van der Waals surface area (Å²) in [5.74, 6) is 0.303. The van der Waals surface area contributed by atoms with E-state index in [1.54, 1.807) is 6.07 Å². The largest absolute Gasteiger partial charge is 0.573 e. The SMILES string of the molecule is CC(C)CCCN=C(N)Nc1ccccc1OC(F)(F)F.I. The number of anilines is 1. The molecule has 0 spiro atoms. The normalized spacial score (nSPS) is 12.0. The predicted molar refractivity (Wildman–Crippen MR) is 92.7 cm³/mol. The standard InChI is InChI=1S/C14H20F3N3O.HI/c1-10(2)6-5-9-19-13(18)20-11-7-3-4-8-12(11)21-14(15,16)17;/h3-4,7-8,10H,5-6,9H2,1-2H3,(H3,18,19,20);1H. The van der Waals surface area contributed by atoms with Crippen LogP contribution in [-0.4, -0.2) is 18.9 Å². The molecule has 22 heavy (non-hydrogen) atoms. The van der Waals surface area contributed by atoms with Gasteiger partial charge in [-0.25, -0.2) is 0 Å². The van der Waals surface area contributed by atoms with Crippen molar-refractivity contribution >= 4 is 35.6 Å². The van der Waals surface area contributed by atoms with E-state index in [1.807, 2.05) is 0 Å². The molecule has 0 unspecified atom stereocenters. The van der Waals surface area contributed by atoms with Crippen molar-refractivity contribution in [2.45, 2.75) is 33.1 Å². The number of para-hydroxylation sites is 2. The van der Waals surface area contributed by atoms with Crippen molar-refractivity contribution in [1.82, 2.24) is 0 Å². The summed E-state index contributed by atoms with van der Waals surface area (Å²) >= 11 is 0. The molecule has 3 N–H and O–H groups in total. The Morgan fingerprint density at radius 1 is 1.32 bits per heavy atom. The number of nitrogens with two attached hydrogens (primary N) is 1. The first-order valence-corrected chi connectivity index (χ1v) is 6.69. The molecule has 8 heteroatoms. The topological polar surface area (TPSA) is 59.6 Å². The first-order valence-electron chi connectivity index (χ1n) is 6.69. The molecule has 1 rings (SSSR count). The lowest BCUT2D eigenvalue weighted by molar-refractivity contribution is -0.274. The number of aliphatic imine (C=N–C) groups is 1. The second-order valence-electron chi connectivity index (χ2n) is 4.97. The minimum absolute atomic E-state index is 0. The molecule has 1 aromatic carbocycles. The summed E-state index contributed by atoms with van der Waals surface area (Å²) in [5.41, 5.74) is 5.78. The fourth-order valence-corrected chi connectivity index (χ4v) is 1.66. The van der Waals surface area contributed by atoms with Gasteiger partial charge in [0.25, 0.3) is 0 Å². The number of nitrogens with zero attached hydrogens (tertiary/aromatic N) is 1. The molecule has 0 atom stereocenters. The van der Waals surface area contributed by atoms with E-state index in [1.165, 1.54) is 18.2 Å². The molecule has 0 fully saturated rings. The van der Waals surface area contributed by atoms with Crippen molar-refractivity contribution in [3.05, 3.63) is 24.3 Å². The van der Waals surface area contributed by atoms with Crippen LogP contribution in [0.3, 0.4) is 0 Å². The highest BCUT2D eigenvalue weighted by atomic mass is 127. The summed E-state index contributed by atoms with van der Waals surface area (Å²) in [5, 5.41) is 2.62. The number of hydrogen-bond donors (Lipinski definition) is 2. The van der Waals surface area contributed by atoms with E-state index in [2.05, 4.69) is 28.9 Å². The number of hydrogen-bond acceptors (Lipinski definition) is 2. The monoisotopic (exact) mass is 431 g/mol. The smallest absolute Gasteiger partial charge is 0.404 e. The van der Waals surface area contributed by atoms with Gasteiger partial charge in [0.1, 0.15) is 0 Å². The first-order chi connectivity index (χ1) is 9.78. The van der Waals surface area contributed by atoms with Gasteiger partial charge in [-0.05, 0) is 30.9 Å². The third-order valence-corrected chi connectivity index (χ3v) is 2.60. The summed E-state index contributed by atoms with van der Waals surface area (Å²) < 4.78 is 40.7. The van der Waals surface area contributed by atoms with Crippen LogP contribution < -0.4 is 15.8 Å². The lowest BCUT2D eigenvalue weighted by atomic mass is 10.1. The number of guanidine groups is 1. The Kier molecular flexibility index (Phi) is 9.22. The van der Waals surface area contributed by atoms with E-state index in [0.717, 1.165) is 12.8 Å². The second-order valence-corrected chi connectivity index (χ2v) is 4.97. The predicted octanol–water partition coefficient (Wildman–Crippen LogP) is 4.37. The molecule has 0 aliphatic rings. The van der Waals surface area contributed by atoms with E-state index in [-0.39, 0.29) is 41.4 Å². The highest BCUT2D eigenvalue weighted by molar-refractivity contribution is 14.0. The Bertz CT molecular complexity index is 479. The number of rotatable bonds is 6. The molecule has 0 aliphatic heterocycles. The van der Waals surface area contributed by atoms with Crippen molar-refractivity contribution in [2.24, 2.45) is 16.6 Å². The van der Waals surface area contributed by atoms with E-state index < -0.39 is 6.36 Å². The maximum absolute atomic E-state index is 12.3. The lowest BCUT2D eigenvalue weighted by Crippen LogP contribution is -2.24. The molecule has 1 aromatic rings. The Balaban J connectivity index is 0.00000441. The molecule has 0 bridgehead atoms. The minimum atomic E-state index is -4.75. The third-order valence-electron chi connectivity index (χ3n) is 2.60. The Labute approximate surface area is 145 Å². The van der Waals surface area contributed by atoms with Gasteiger partial charge >= 0.3 is 6.36 Å². The van der Waals surface area contributed by atoms with Gasteiger partial charge in [-0.1, -0.05) is 26.0 Å². The fraction of sp³-hybridized carbons (Fsp3) is 0.500. The van der Waals surface area contributed by atoms with Gasteiger partial charge in [0.15, 0.2) is 11.7 Å². The van der Waals surface area contributed by atoms with Gasteiger partial charge in [-0.2, -0.15) is 0 Å². The summed E-state index contributed by atoms with van der Waals surface area (Å²) in [7, 11) is 0. The molecule has 0 amide bonds. The van der Waals surface area contributed by atoms with Crippen LogP contribution in [0.2, 0.25) is 0 Å². The number of halogens is 4. The highest BCUT2D eigenvalue weighted by Gasteiger charge is 2.32. The van der Waals surface area contributed by atoms with Crippen molar-refractivity contribution in [3.63, 3.8) is 0 Å². The maximum Gasteiger partial charge on any atom is 0.573 e. The molecule has 0 saturated carbocycles. The first kappa shape index (κ1) is 20.8. The fourth-order valence-electron chi connectivity index (χ4n) is 1.66. The van der Waals surface area contributed by atoms with Crippen molar-refractivity contribution in [2.75, 3.05) is 11.9 Å². The van der Waals surface area contributed by atoms with Gasteiger partial charge in [-0.3, -0.25) is 4.99 Å². The molecule has 0 heterocycles. The van der Waals surface area contributed by atoms with Crippen molar-refractivity contribution in [3.8, 4) is 5.75 Å². The molecule has 126 valence electrons. The minimum Gasteiger partial charge on any atom is -0.404 e. The van der Waals surface area contributed by atoms with E-state index in [4.69, 9.17) is 5.73 Å². The molecule has 0 radical (unpaired) electrons. The van der Waals surface area contributed by atoms with Crippen LogP contribution in [0.25, 0.3) is 0 Å². The van der Waals surface area contributed by atoms with Crippen LogP contribution >= 0.6 is 24.0 Å². The second kappa shape index (κ2) is 9.75. The average Bonchev–Trinajstić information content (AvgIpc) is 2.35. The number of benzene rings is 1. The van der Waals surface area contributed by atoms with Crippen LogP contribution in [0.5, 0.6) is 5.75 Å². The van der Waals surface area contributed by atoms with Gasteiger partial charge in [0, 0.05) is 6.54 Å². The Morgan fingerprint density at radius 3 is 2.55 bits per heavy atom. The Morgan fingerprint density at radius 2 is 1.95 bits per heavy atom. The zero-order valence-electron chi connectivity index (χ0n) is 12.5. The van der Waals surface area contributed by atoms with Crippen LogP contribution in [0.15, 0.2) is 29.3 Å². The zero-order chi connectivity index (χ0) is 15.9. The van der Waals surface area contributed by atoms with Gasteiger partial charge in [0.05, 0.1) is 5.69 Å². The van der Waals surface area contributed by atoms with Crippen molar-refractivity contribution < 1.29 is 17.9 Å². The van der Waals surface area contributed by atoms with E-state index in [0.29, 0.717) is 12.5 Å². The quantitative estimate of drug-likeness (QED) is 0.305. The summed E-state index contributed by atoms with van der Waals surface area (Å²) in [6.07, 6.45) is -2.85. The average molecular weight is 431 g/mol. The van der Waals surface area contributed by atoms with Gasteiger partial charge in [0.2, 0.25) is 0 Å². The van der Waals surface area contributed by atoms with Crippen LogP contribution in [0.1, 0.15) is 26.7 Å². The summed E-state index contributed by atoms with van der Waals surface area (Å²) in [4.78, 5) is 4.08. The van der Waals surface area contributed by atoms with Gasteiger partial charge in [-0.15, -0.1) is 37.1 Å². The molecule has 0 aromatic heterocycles. The summed E-state index contributed by atoms with van der Waals surface area (Å²) in [6, 6.07) is 5.68. The third kappa shape index (κ3) is 8.96. The van der Waals surface area contributed by atoms with Gasteiger partial charge < -0.3 is 15.8 Å². The molecular weight excluding hydrogens is 410 g/mol. The number of alkyl halides is 3. The number of nitrogens with one attached hydrogen (secondary N) is 1. The number of ether oxygens (including phenoxy) is 1. The van der Waals surface area contributed by atoms with Crippen LogP contribution in [0.4, 0.5) is 18.9 Å². The molecular formula is C14H21F3IN3O. The molecule has 0 aliphatic carbocycles. The summed E-state index contributed by atoms with van der Waals surface area (Å²) in [6.45, 7) is 4.74. The van der Waals surface area contributed by atoms with E-state index >= 15 is 0 Å². The van der Waals surface area contributed by atoms with E-state index in [9.17, 15) is 13.2 Å². The maximum atomic E-state index is 12.3. The van der Waals surface area contributed by atoms with Crippen LogP contribution in [-0.2, 0) is 0 Å². The molecule has 4 nitrogen and oxygen atoms in total. The van der Waals surface area contributed by atoms with Crippen LogP contribution in [0, 0.1) is 5.92 Å². The molecule has 0 saturated heterocycles. The zero-order valence-corrected chi connectivity index (χ0v) is 14.8. The highest BCUT2D eigenvalue weighted by Crippen LogP contribution is 2.29. The Hall–Kier alpha value is -1.19.